The van der Waals surface area contributed by atoms with E-state index >= 15 is 0 Å². The Morgan fingerprint density at radius 1 is 1.10 bits per heavy atom. The van der Waals surface area contributed by atoms with Gasteiger partial charge in [-0.25, -0.2) is 17.5 Å². The van der Waals surface area contributed by atoms with Gasteiger partial charge < -0.3 is 10.2 Å². The lowest BCUT2D eigenvalue weighted by Crippen LogP contribution is -2.37. The van der Waals surface area contributed by atoms with E-state index in [1.807, 2.05) is 18.4 Å². The SMILES string of the molecule is CSc1ccccc1NC(=O)CN(C)C(=O)CCNS(=O)(=O)c1ccc(F)cc1. The van der Waals surface area contributed by atoms with Crippen molar-refractivity contribution in [3.8, 4) is 0 Å². The Bertz CT molecular complexity index is 966. The van der Waals surface area contributed by atoms with Crippen LogP contribution in [0.5, 0.6) is 0 Å². The molecule has 0 aliphatic heterocycles. The van der Waals surface area contributed by atoms with Gasteiger partial charge in [-0.3, -0.25) is 9.59 Å². The van der Waals surface area contributed by atoms with Crippen LogP contribution in [-0.4, -0.2) is 51.5 Å². The molecule has 0 saturated carbocycles. The van der Waals surface area contributed by atoms with Gasteiger partial charge in [0.25, 0.3) is 0 Å². The summed E-state index contributed by atoms with van der Waals surface area (Å²) in [5.74, 6) is -1.28. The first-order valence-corrected chi connectivity index (χ1v) is 11.4. The molecular weight excluding hydrogens is 417 g/mol. The number of sulfonamides is 1. The zero-order valence-corrected chi connectivity index (χ0v) is 17.6. The second-order valence-electron chi connectivity index (χ2n) is 6.10. The van der Waals surface area contributed by atoms with Gasteiger partial charge in [0.1, 0.15) is 5.82 Å². The van der Waals surface area contributed by atoms with Crippen LogP contribution in [0.15, 0.2) is 58.3 Å². The fraction of sp³-hybridized carbons (Fsp3) is 0.263. The minimum atomic E-state index is -3.84. The number of nitrogens with one attached hydrogen (secondary N) is 2. The number of thioether (sulfide) groups is 1. The van der Waals surface area contributed by atoms with E-state index in [-0.39, 0.29) is 36.2 Å². The topological polar surface area (TPSA) is 95.6 Å². The maximum atomic E-state index is 12.9. The molecule has 2 amide bonds. The summed E-state index contributed by atoms with van der Waals surface area (Å²) in [7, 11) is -2.37. The smallest absolute Gasteiger partial charge is 0.244 e. The van der Waals surface area contributed by atoms with Crippen molar-refractivity contribution in [2.75, 3.05) is 31.7 Å². The lowest BCUT2D eigenvalue weighted by atomic mass is 10.3. The lowest BCUT2D eigenvalue weighted by molar-refractivity contribution is -0.133. The predicted molar refractivity (Wildman–Crippen MR) is 111 cm³/mol. The molecular formula is C19H22FN3O4S2. The van der Waals surface area contributed by atoms with Crippen molar-refractivity contribution in [1.29, 1.82) is 0 Å². The monoisotopic (exact) mass is 439 g/mol. The van der Waals surface area contributed by atoms with Crippen molar-refractivity contribution in [1.82, 2.24) is 9.62 Å². The summed E-state index contributed by atoms with van der Waals surface area (Å²) < 4.78 is 39.4. The van der Waals surface area contributed by atoms with Crippen LogP contribution < -0.4 is 10.0 Å². The largest absolute Gasteiger partial charge is 0.336 e. The van der Waals surface area contributed by atoms with Gasteiger partial charge in [0, 0.05) is 24.9 Å². The highest BCUT2D eigenvalue weighted by Crippen LogP contribution is 2.24. The first kappa shape index (κ1) is 22.9. The van der Waals surface area contributed by atoms with E-state index in [1.165, 1.54) is 23.7 Å². The van der Waals surface area contributed by atoms with Gasteiger partial charge in [0.2, 0.25) is 21.8 Å². The van der Waals surface area contributed by atoms with Crippen LogP contribution in [0.1, 0.15) is 6.42 Å². The van der Waals surface area contributed by atoms with Crippen LogP contribution in [0.2, 0.25) is 0 Å². The average Bonchev–Trinajstić information content (AvgIpc) is 2.68. The third kappa shape index (κ3) is 6.84. The molecule has 0 aliphatic rings. The molecule has 0 fully saturated rings. The van der Waals surface area contributed by atoms with Gasteiger partial charge in [-0.2, -0.15) is 0 Å². The standard InChI is InChI=1S/C19H22FN3O4S2/c1-23(13-18(24)22-16-5-3-4-6-17(16)28-2)19(25)11-12-21-29(26,27)15-9-7-14(20)8-10-15/h3-10,21H,11-13H2,1-2H3,(H,22,24). The molecule has 2 aromatic carbocycles. The maximum absolute atomic E-state index is 12.9. The summed E-state index contributed by atoms with van der Waals surface area (Å²) in [6, 6.07) is 11.7. The Kier molecular flexibility index (Phi) is 8.18. The van der Waals surface area contributed by atoms with Crippen LogP contribution >= 0.6 is 11.8 Å². The van der Waals surface area contributed by atoms with Crippen LogP contribution in [-0.2, 0) is 19.6 Å². The number of para-hydroxylation sites is 1. The van der Waals surface area contributed by atoms with Gasteiger partial charge in [0.15, 0.2) is 0 Å². The molecule has 0 atom stereocenters. The number of amides is 2. The highest BCUT2D eigenvalue weighted by molar-refractivity contribution is 7.98. The number of likely N-dealkylation sites (N-methyl/N-ethyl adjacent to an activating group) is 1. The van der Waals surface area contributed by atoms with Crippen molar-refractivity contribution in [2.45, 2.75) is 16.2 Å². The molecule has 156 valence electrons. The van der Waals surface area contributed by atoms with E-state index in [1.54, 1.807) is 12.1 Å². The molecule has 0 aromatic heterocycles. The van der Waals surface area contributed by atoms with E-state index in [4.69, 9.17) is 0 Å². The molecule has 0 saturated heterocycles. The van der Waals surface area contributed by atoms with Crippen LogP contribution in [0.25, 0.3) is 0 Å². The molecule has 0 spiro atoms. The molecule has 2 N–H and O–H groups in total. The van der Waals surface area contributed by atoms with Gasteiger partial charge in [-0.05, 0) is 42.7 Å². The predicted octanol–water partition coefficient (Wildman–Crippen LogP) is 2.31. The van der Waals surface area contributed by atoms with Crippen LogP contribution in [0.4, 0.5) is 10.1 Å². The van der Waals surface area contributed by atoms with Gasteiger partial charge in [-0.15, -0.1) is 11.8 Å². The summed E-state index contributed by atoms with van der Waals surface area (Å²) >= 11 is 1.49. The first-order valence-electron chi connectivity index (χ1n) is 8.65. The van der Waals surface area contributed by atoms with E-state index in [2.05, 4.69) is 10.0 Å². The minimum Gasteiger partial charge on any atom is -0.336 e. The summed E-state index contributed by atoms with van der Waals surface area (Å²) in [6.45, 7) is -0.300. The highest BCUT2D eigenvalue weighted by Gasteiger charge is 2.17. The Balaban J connectivity index is 1.82. The molecule has 2 aromatic rings. The molecule has 7 nitrogen and oxygen atoms in total. The quantitative estimate of drug-likeness (QED) is 0.585. The Morgan fingerprint density at radius 3 is 2.41 bits per heavy atom. The number of rotatable bonds is 9. The lowest BCUT2D eigenvalue weighted by Gasteiger charge is -2.17. The zero-order chi connectivity index (χ0) is 21.4. The van der Waals surface area contributed by atoms with E-state index in [0.29, 0.717) is 5.69 Å². The fourth-order valence-electron chi connectivity index (χ4n) is 2.42. The molecule has 2 rings (SSSR count). The number of carbonyl (C=O) groups excluding carboxylic acids is 2. The number of benzene rings is 2. The van der Waals surface area contributed by atoms with Gasteiger partial charge in [0.05, 0.1) is 17.1 Å². The van der Waals surface area contributed by atoms with Crippen molar-refractivity contribution in [2.24, 2.45) is 0 Å². The Hall–Kier alpha value is -2.43. The molecule has 0 aliphatic carbocycles. The summed E-state index contributed by atoms with van der Waals surface area (Å²) in [4.78, 5) is 26.4. The second kappa shape index (κ2) is 10.4. The van der Waals surface area contributed by atoms with E-state index in [0.717, 1.165) is 29.2 Å². The Morgan fingerprint density at radius 2 is 1.76 bits per heavy atom. The molecule has 0 heterocycles. The molecule has 0 unspecified atom stereocenters. The van der Waals surface area contributed by atoms with Crippen molar-refractivity contribution in [3.63, 3.8) is 0 Å². The first-order chi connectivity index (χ1) is 13.7. The third-order valence-electron chi connectivity index (χ3n) is 3.94. The number of hydrogen-bond donors (Lipinski definition) is 2. The average molecular weight is 440 g/mol. The molecule has 10 heteroatoms. The highest BCUT2D eigenvalue weighted by atomic mass is 32.2. The third-order valence-corrected chi connectivity index (χ3v) is 6.22. The zero-order valence-electron chi connectivity index (χ0n) is 16.0. The van der Waals surface area contributed by atoms with Crippen molar-refractivity contribution in [3.05, 3.63) is 54.3 Å². The summed E-state index contributed by atoms with van der Waals surface area (Å²) in [5.41, 5.74) is 0.665. The van der Waals surface area contributed by atoms with Crippen molar-refractivity contribution < 1.29 is 22.4 Å². The number of carbonyl (C=O) groups is 2. The number of nitrogens with zero attached hydrogens (tertiary/aromatic N) is 1. The number of halogens is 1. The number of anilines is 1. The van der Waals surface area contributed by atoms with Crippen molar-refractivity contribution >= 4 is 39.3 Å². The fourth-order valence-corrected chi connectivity index (χ4v) is 4.01. The second-order valence-corrected chi connectivity index (χ2v) is 8.71. The van der Waals surface area contributed by atoms with Crippen LogP contribution in [0.3, 0.4) is 0 Å². The van der Waals surface area contributed by atoms with E-state index in [9.17, 15) is 22.4 Å². The van der Waals surface area contributed by atoms with Crippen LogP contribution in [0, 0.1) is 5.82 Å². The number of hydrogen-bond acceptors (Lipinski definition) is 5. The Labute approximate surface area is 173 Å². The summed E-state index contributed by atoms with van der Waals surface area (Å²) in [5, 5.41) is 2.76. The molecule has 29 heavy (non-hydrogen) atoms. The normalized spacial score (nSPS) is 11.1. The van der Waals surface area contributed by atoms with Gasteiger partial charge >= 0.3 is 0 Å². The summed E-state index contributed by atoms with van der Waals surface area (Å²) in [6.07, 6.45) is 1.78. The van der Waals surface area contributed by atoms with E-state index < -0.39 is 15.8 Å². The minimum absolute atomic E-state index is 0.0912. The van der Waals surface area contributed by atoms with Gasteiger partial charge in [-0.1, -0.05) is 12.1 Å². The molecule has 0 bridgehead atoms. The molecule has 0 radical (unpaired) electrons. The maximum Gasteiger partial charge on any atom is 0.244 e.